The van der Waals surface area contributed by atoms with Gasteiger partial charge in [-0.3, -0.25) is 0 Å². The topological polar surface area (TPSA) is 15.7 Å². The summed E-state index contributed by atoms with van der Waals surface area (Å²) in [5.74, 6) is 0.929. The average Bonchev–Trinajstić information content (AvgIpc) is 2.33. The molecule has 1 saturated carbocycles. The van der Waals surface area contributed by atoms with Crippen LogP contribution in [0.25, 0.3) is 0 Å². The highest BCUT2D eigenvalue weighted by Gasteiger charge is 2.39. The average molecular weight is 341 g/mol. The third-order valence-corrected chi connectivity index (χ3v) is 4.83. The number of hydrogen-bond acceptors (Lipinski definition) is 3. The predicted octanol–water partition coefficient (Wildman–Crippen LogP) is 3.24. The number of nitrogens with zero attached hydrogens (tertiary/aromatic N) is 2. The number of halogens is 1. The van der Waals surface area contributed by atoms with Crippen molar-refractivity contribution >= 4 is 15.9 Å². The zero-order valence-corrected chi connectivity index (χ0v) is 14.3. The van der Waals surface area contributed by atoms with Crippen LogP contribution in [-0.2, 0) is 0 Å². The second-order valence-electron chi connectivity index (χ2n) is 6.02. The molecule has 0 aromatic heterocycles. The van der Waals surface area contributed by atoms with Gasteiger partial charge in [0.05, 0.1) is 0 Å². The maximum absolute atomic E-state index is 5.80. The van der Waals surface area contributed by atoms with Crippen LogP contribution in [0.2, 0.25) is 0 Å². The van der Waals surface area contributed by atoms with E-state index < -0.39 is 0 Å². The first-order valence-corrected chi connectivity index (χ1v) is 8.05. The van der Waals surface area contributed by atoms with Gasteiger partial charge in [0.2, 0.25) is 0 Å². The fourth-order valence-corrected chi connectivity index (χ4v) is 3.17. The van der Waals surface area contributed by atoms with Crippen LogP contribution < -0.4 is 4.74 Å². The summed E-state index contributed by atoms with van der Waals surface area (Å²) in [5, 5.41) is 0. The molecule has 0 spiro atoms. The highest BCUT2D eigenvalue weighted by atomic mass is 79.9. The Hall–Kier alpha value is -0.580. The van der Waals surface area contributed by atoms with E-state index in [0.717, 1.165) is 29.9 Å². The van der Waals surface area contributed by atoms with Crippen molar-refractivity contribution in [3.8, 4) is 5.75 Å². The van der Waals surface area contributed by atoms with E-state index in [9.17, 15) is 0 Å². The molecule has 1 aromatic carbocycles. The minimum absolute atomic E-state index is 0.393. The molecule has 0 heterocycles. The van der Waals surface area contributed by atoms with Gasteiger partial charge in [-0.15, -0.1) is 0 Å². The van der Waals surface area contributed by atoms with Gasteiger partial charge in [0.25, 0.3) is 0 Å². The number of rotatable bonds is 7. The van der Waals surface area contributed by atoms with Crippen molar-refractivity contribution in [2.45, 2.75) is 24.8 Å². The Morgan fingerprint density at radius 2 is 2.00 bits per heavy atom. The third kappa shape index (κ3) is 3.96. The van der Waals surface area contributed by atoms with Crippen molar-refractivity contribution in [2.75, 3.05) is 40.8 Å². The summed E-state index contributed by atoms with van der Waals surface area (Å²) in [6.07, 6.45) is 3.99. The molecule has 0 amide bonds. The largest absolute Gasteiger partial charge is 0.492 e. The monoisotopic (exact) mass is 340 g/mol. The van der Waals surface area contributed by atoms with Crippen LogP contribution in [0.15, 0.2) is 28.7 Å². The van der Waals surface area contributed by atoms with Gasteiger partial charge in [-0.2, -0.15) is 0 Å². The smallest absolute Gasteiger partial charge is 0.120 e. The summed E-state index contributed by atoms with van der Waals surface area (Å²) in [6, 6.07) is 8.01. The first kappa shape index (κ1) is 15.8. The molecule has 3 nitrogen and oxygen atoms in total. The molecule has 2 rings (SSSR count). The number of ether oxygens (including phenoxy) is 1. The molecule has 20 heavy (non-hydrogen) atoms. The van der Waals surface area contributed by atoms with E-state index in [-0.39, 0.29) is 0 Å². The lowest BCUT2D eigenvalue weighted by Crippen LogP contribution is -2.57. The first-order chi connectivity index (χ1) is 9.52. The molecule has 0 saturated heterocycles. The standard InChI is InChI=1S/C16H25BrN2O/c1-18(2)16(8-5-9-16)13-19(3)10-11-20-15-7-4-6-14(17)12-15/h4,6-7,12H,5,8-11,13H2,1-3H3. The van der Waals surface area contributed by atoms with Gasteiger partial charge in [0.1, 0.15) is 12.4 Å². The highest BCUT2D eigenvalue weighted by molar-refractivity contribution is 9.10. The fourth-order valence-electron chi connectivity index (χ4n) is 2.79. The Morgan fingerprint density at radius 1 is 1.25 bits per heavy atom. The Balaban J connectivity index is 1.74. The SMILES string of the molecule is CN(CCOc1cccc(Br)c1)CC1(N(C)C)CCC1. The van der Waals surface area contributed by atoms with Gasteiger partial charge in [-0.05, 0) is 58.6 Å². The zero-order valence-electron chi connectivity index (χ0n) is 12.7. The maximum Gasteiger partial charge on any atom is 0.120 e. The van der Waals surface area contributed by atoms with Gasteiger partial charge >= 0.3 is 0 Å². The summed E-state index contributed by atoms with van der Waals surface area (Å²) < 4.78 is 6.86. The summed E-state index contributed by atoms with van der Waals surface area (Å²) in [4.78, 5) is 4.78. The second kappa shape index (κ2) is 6.92. The lowest BCUT2D eigenvalue weighted by atomic mass is 9.75. The quantitative estimate of drug-likeness (QED) is 0.757. The molecular formula is C16H25BrN2O. The van der Waals surface area contributed by atoms with Crippen molar-refractivity contribution in [1.29, 1.82) is 0 Å². The molecule has 1 aromatic rings. The Bertz CT molecular complexity index is 432. The van der Waals surface area contributed by atoms with E-state index in [4.69, 9.17) is 4.74 Å². The van der Waals surface area contributed by atoms with Crippen molar-refractivity contribution < 1.29 is 4.74 Å². The maximum atomic E-state index is 5.80. The van der Waals surface area contributed by atoms with Crippen LogP contribution in [0, 0.1) is 0 Å². The number of benzene rings is 1. The van der Waals surface area contributed by atoms with E-state index in [1.807, 2.05) is 24.3 Å². The van der Waals surface area contributed by atoms with E-state index in [2.05, 4.69) is 46.9 Å². The van der Waals surface area contributed by atoms with Crippen LogP contribution in [-0.4, -0.2) is 56.2 Å². The van der Waals surface area contributed by atoms with Gasteiger partial charge in [0, 0.05) is 23.1 Å². The normalized spacial score (nSPS) is 17.3. The lowest BCUT2D eigenvalue weighted by Gasteiger charge is -2.49. The van der Waals surface area contributed by atoms with Crippen LogP contribution in [0.3, 0.4) is 0 Å². The molecule has 1 fully saturated rings. The highest BCUT2D eigenvalue weighted by Crippen LogP contribution is 2.36. The fraction of sp³-hybridized carbons (Fsp3) is 0.625. The lowest BCUT2D eigenvalue weighted by molar-refractivity contribution is 0.0250. The van der Waals surface area contributed by atoms with Crippen molar-refractivity contribution in [2.24, 2.45) is 0 Å². The predicted molar refractivity (Wildman–Crippen MR) is 87.4 cm³/mol. The molecule has 4 heteroatoms. The molecule has 0 atom stereocenters. The summed E-state index contributed by atoms with van der Waals surface area (Å²) in [7, 11) is 6.59. The van der Waals surface area contributed by atoms with E-state index in [1.54, 1.807) is 0 Å². The molecule has 0 N–H and O–H groups in total. The zero-order chi connectivity index (χ0) is 14.6. The molecule has 0 radical (unpaired) electrons. The van der Waals surface area contributed by atoms with E-state index in [0.29, 0.717) is 5.54 Å². The minimum atomic E-state index is 0.393. The number of hydrogen-bond donors (Lipinski definition) is 0. The molecule has 0 unspecified atom stereocenters. The Kier molecular flexibility index (Phi) is 5.47. The molecule has 1 aliphatic carbocycles. The van der Waals surface area contributed by atoms with Gasteiger partial charge < -0.3 is 14.5 Å². The molecule has 0 bridgehead atoms. The Morgan fingerprint density at radius 3 is 2.55 bits per heavy atom. The van der Waals surface area contributed by atoms with E-state index in [1.165, 1.54) is 19.3 Å². The molecule has 112 valence electrons. The molecule has 1 aliphatic rings. The van der Waals surface area contributed by atoms with Crippen LogP contribution in [0.1, 0.15) is 19.3 Å². The Labute approximate surface area is 131 Å². The molecule has 0 aliphatic heterocycles. The van der Waals surface area contributed by atoms with Gasteiger partial charge in [-0.25, -0.2) is 0 Å². The first-order valence-electron chi connectivity index (χ1n) is 7.26. The van der Waals surface area contributed by atoms with Crippen molar-refractivity contribution in [1.82, 2.24) is 9.80 Å². The van der Waals surface area contributed by atoms with Crippen LogP contribution in [0.5, 0.6) is 5.75 Å². The van der Waals surface area contributed by atoms with Crippen molar-refractivity contribution in [3.05, 3.63) is 28.7 Å². The second-order valence-corrected chi connectivity index (χ2v) is 6.93. The summed E-state index contributed by atoms with van der Waals surface area (Å²) >= 11 is 3.46. The molecular weight excluding hydrogens is 316 g/mol. The van der Waals surface area contributed by atoms with Gasteiger partial charge in [0.15, 0.2) is 0 Å². The van der Waals surface area contributed by atoms with E-state index >= 15 is 0 Å². The van der Waals surface area contributed by atoms with Crippen LogP contribution >= 0.6 is 15.9 Å². The number of likely N-dealkylation sites (N-methyl/N-ethyl adjacent to an activating group) is 2. The summed E-state index contributed by atoms with van der Waals surface area (Å²) in [6.45, 7) is 2.82. The minimum Gasteiger partial charge on any atom is -0.492 e. The van der Waals surface area contributed by atoms with Crippen LogP contribution in [0.4, 0.5) is 0 Å². The third-order valence-electron chi connectivity index (χ3n) is 4.34. The van der Waals surface area contributed by atoms with Crippen molar-refractivity contribution in [3.63, 3.8) is 0 Å². The van der Waals surface area contributed by atoms with Gasteiger partial charge in [-0.1, -0.05) is 22.0 Å². The summed E-state index contributed by atoms with van der Waals surface area (Å²) in [5.41, 5.74) is 0.393.